The van der Waals surface area contributed by atoms with Gasteiger partial charge in [0.2, 0.25) is 0 Å². The molecule has 2 nitrogen and oxygen atoms in total. The number of pyridine rings is 1. The second-order valence-electron chi connectivity index (χ2n) is 4.46. The van der Waals surface area contributed by atoms with Gasteiger partial charge in [0.25, 0.3) is 0 Å². The van der Waals surface area contributed by atoms with E-state index in [2.05, 4.69) is 20.9 Å². The van der Waals surface area contributed by atoms with Crippen LogP contribution in [-0.4, -0.2) is 10.7 Å². The third-order valence-corrected chi connectivity index (χ3v) is 4.17. The van der Waals surface area contributed by atoms with Crippen molar-refractivity contribution >= 4 is 44.8 Å². The summed E-state index contributed by atoms with van der Waals surface area (Å²) >= 11 is 15.7. The fourth-order valence-corrected chi connectivity index (χ4v) is 3.40. The highest BCUT2D eigenvalue weighted by Gasteiger charge is 2.22. The van der Waals surface area contributed by atoms with Gasteiger partial charge in [-0.2, -0.15) is 0 Å². The van der Waals surface area contributed by atoms with E-state index in [1.54, 1.807) is 12.3 Å². The molecule has 0 atom stereocenters. The Balaban J connectivity index is 2.23. The molecule has 0 spiro atoms. The molecule has 0 fully saturated rings. The number of aryl methyl sites for hydroxylation is 2. The zero-order valence-electron chi connectivity index (χ0n) is 9.80. The van der Waals surface area contributed by atoms with Gasteiger partial charge in [-0.25, -0.2) is 0 Å². The van der Waals surface area contributed by atoms with Crippen LogP contribution in [0.4, 0.5) is 0 Å². The fourth-order valence-electron chi connectivity index (χ4n) is 2.39. The highest BCUT2D eigenvalue weighted by atomic mass is 79.9. The van der Waals surface area contributed by atoms with E-state index >= 15 is 0 Å². The minimum Gasteiger partial charge on any atom is -0.298 e. The molecule has 0 saturated heterocycles. The lowest BCUT2D eigenvalue weighted by Crippen LogP contribution is -2.07. The number of fused-ring (bicyclic) bond motifs is 2. The van der Waals surface area contributed by atoms with Crippen molar-refractivity contribution in [2.24, 2.45) is 0 Å². The maximum Gasteiger partial charge on any atom is 0.0918 e. The molecule has 1 N–H and O–H groups in total. The van der Waals surface area contributed by atoms with Crippen LogP contribution in [0.2, 0.25) is 10.0 Å². The second kappa shape index (κ2) is 4.89. The average Bonchev–Trinajstić information content (AvgIpc) is 2.47. The standard InChI is InChI=1S/C14H9BrCl2N2/c15-9-3-8-2-1-7-4-10(16)5-11(17)12(7)13(18)14(8)19-6-9/h3-6,18H,1-2H2. The van der Waals surface area contributed by atoms with Crippen molar-refractivity contribution in [3.8, 4) is 0 Å². The number of hydrogen-bond acceptors (Lipinski definition) is 2. The predicted molar refractivity (Wildman–Crippen MR) is 81.7 cm³/mol. The maximum absolute atomic E-state index is 8.37. The summed E-state index contributed by atoms with van der Waals surface area (Å²) in [5.41, 5.74) is 3.89. The SMILES string of the molecule is N=C1c2ncc(Br)cc2CCc2cc(Cl)cc(Cl)c21. The first-order valence-electron chi connectivity index (χ1n) is 5.78. The number of nitrogens with one attached hydrogen (secondary N) is 1. The summed E-state index contributed by atoms with van der Waals surface area (Å²) in [6, 6.07) is 5.58. The number of aromatic nitrogens is 1. The maximum atomic E-state index is 8.37. The molecule has 5 heteroatoms. The summed E-state index contributed by atoms with van der Waals surface area (Å²) in [6.45, 7) is 0. The van der Waals surface area contributed by atoms with E-state index in [4.69, 9.17) is 28.6 Å². The van der Waals surface area contributed by atoms with Crippen LogP contribution in [0.1, 0.15) is 22.4 Å². The molecular formula is C14H9BrCl2N2. The zero-order valence-corrected chi connectivity index (χ0v) is 12.9. The number of benzene rings is 1. The van der Waals surface area contributed by atoms with E-state index in [9.17, 15) is 0 Å². The van der Waals surface area contributed by atoms with Crippen LogP contribution >= 0.6 is 39.1 Å². The molecule has 1 heterocycles. The zero-order chi connectivity index (χ0) is 13.6. The number of rotatable bonds is 0. The summed E-state index contributed by atoms with van der Waals surface area (Å²) in [6.07, 6.45) is 3.35. The second-order valence-corrected chi connectivity index (χ2v) is 6.22. The Kier molecular flexibility index (Phi) is 3.37. The molecule has 2 aromatic rings. The molecule has 0 aliphatic heterocycles. The van der Waals surface area contributed by atoms with E-state index < -0.39 is 0 Å². The van der Waals surface area contributed by atoms with Crippen molar-refractivity contribution < 1.29 is 0 Å². The van der Waals surface area contributed by atoms with E-state index in [1.165, 1.54) is 0 Å². The molecule has 0 unspecified atom stereocenters. The number of nitrogens with zero attached hydrogens (tertiary/aromatic N) is 1. The van der Waals surface area contributed by atoms with Gasteiger partial charge in [0, 0.05) is 21.3 Å². The van der Waals surface area contributed by atoms with Gasteiger partial charge in [-0.15, -0.1) is 0 Å². The van der Waals surface area contributed by atoms with Gasteiger partial charge in [-0.1, -0.05) is 23.2 Å². The predicted octanol–water partition coefficient (Wildman–Crippen LogP) is 4.67. The summed E-state index contributed by atoms with van der Waals surface area (Å²) in [5, 5.41) is 9.50. The Bertz CT molecular complexity index is 698. The van der Waals surface area contributed by atoms with E-state index in [-0.39, 0.29) is 0 Å². The lowest BCUT2D eigenvalue weighted by Gasteiger charge is -2.10. The molecule has 0 bridgehead atoms. The lowest BCUT2D eigenvalue weighted by molar-refractivity contribution is 0.954. The largest absolute Gasteiger partial charge is 0.298 e. The minimum absolute atomic E-state index is 0.372. The molecule has 1 aliphatic carbocycles. The Morgan fingerprint density at radius 2 is 1.84 bits per heavy atom. The average molecular weight is 356 g/mol. The fraction of sp³-hybridized carbons (Fsp3) is 0.143. The topological polar surface area (TPSA) is 36.7 Å². The van der Waals surface area contributed by atoms with Gasteiger partial charge in [-0.3, -0.25) is 10.4 Å². The third-order valence-electron chi connectivity index (χ3n) is 3.22. The normalized spacial score (nSPS) is 13.7. The number of halogens is 3. The van der Waals surface area contributed by atoms with Crippen LogP contribution in [0, 0.1) is 5.41 Å². The highest BCUT2D eigenvalue weighted by molar-refractivity contribution is 9.10. The van der Waals surface area contributed by atoms with Crippen LogP contribution in [-0.2, 0) is 12.8 Å². The molecule has 3 rings (SSSR count). The van der Waals surface area contributed by atoms with Crippen molar-refractivity contribution in [1.82, 2.24) is 4.98 Å². The van der Waals surface area contributed by atoms with Crippen LogP contribution in [0.15, 0.2) is 28.9 Å². The van der Waals surface area contributed by atoms with Crippen LogP contribution in [0.5, 0.6) is 0 Å². The van der Waals surface area contributed by atoms with Crippen molar-refractivity contribution in [2.75, 3.05) is 0 Å². The molecule has 0 radical (unpaired) electrons. The first kappa shape index (κ1) is 13.1. The Morgan fingerprint density at radius 1 is 1.11 bits per heavy atom. The van der Waals surface area contributed by atoms with Crippen molar-refractivity contribution in [3.05, 3.63) is 61.3 Å². The van der Waals surface area contributed by atoms with E-state index in [0.29, 0.717) is 21.5 Å². The van der Waals surface area contributed by atoms with Gasteiger partial charge in [0.15, 0.2) is 0 Å². The first-order valence-corrected chi connectivity index (χ1v) is 7.33. The van der Waals surface area contributed by atoms with Crippen molar-refractivity contribution in [1.29, 1.82) is 5.41 Å². The summed E-state index contributed by atoms with van der Waals surface area (Å²) < 4.78 is 0.925. The summed E-state index contributed by atoms with van der Waals surface area (Å²) in [5.74, 6) is 0. The molecule has 0 amide bonds. The Morgan fingerprint density at radius 3 is 2.63 bits per heavy atom. The number of hydrogen-bond donors (Lipinski definition) is 1. The first-order chi connectivity index (χ1) is 9.06. The Hall–Kier alpha value is -0.900. The van der Waals surface area contributed by atoms with E-state index in [1.807, 2.05) is 12.1 Å². The lowest BCUT2D eigenvalue weighted by atomic mass is 10.0. The van der Waals surface area contributed by atoms with E-state index in [0.717, 1.165) is 34.0 Å². The van der Waals surface area contributed by atoms with Gasteiger partial charge in [-0.05, 0) is 58.1 Å². The summed E-state index contributed by atoms with van der Waals surface area (Å²) in [4.78, 5) is 4.36. The smallest absolute Gasteiger partial charge is 0.0918 e. The highest BCUT2D eigenvalue weighted by Crippen LogP contribution is 2.32. The van der Waals surface area contributed by atoms with Crippen molar-refractivity contribution in [3.63, 3.8) is 0 Å². The van der Waals surface area contributed by atoms with Crippen molar-refractivity contribution in [2.45, 2.75) is 12.8 Å². The van der Waals surface area contributed by atoms with Gasteiger partial charge in [0.05, 0.1) is 16.4 Å². The third kappa shape index (κ3) is 2.31. The van der Waals surface area contributed by atoms with Gasteiger partial charge < -0.3 is 0 Å². The Labute approximate surface area is 129 Å². The van der Waals surface area contributed by atoms with Crippen LogP contribution in [0.25, 0.3) is 0 Å². The molecule has 1 aromatic carbocycles. The van der Waals surface area contributed by atoms with Gasteiger partial charge in [0.1, 0.15) is 0 Å². The molecule has 1 aromatic heterocycles. The monoisotopic (exact) mass is 354 g/mol. The molecule has 96 valence electrons. The molecule has 1 aliphatic rings. The summed E-state index contributed by atoms with van der Waals surface area (Å²) in [7, 11) is 0. The molecule has 0 saturated carbocycles. The molecular weight excluding hydrogens is 347 g/mol. The quantitative estimate of drug-likeness (QED) is 0.732. The van der Waals surface area contributed by atoms with Gasteiger partial charge >= 0.3 is 0 Å². The minimum atomic E-state index is 0.372. The van der Waals surface area contributed by atoms with Crippen LogP contribution in [0.3, 0.4) is 0 Å². The van der Waals surface area contributed by atoms with Crippen LogP contribution < -0.4 is 0 Å². The molecule has 19 heavy (non-hydrogen) atoms.